The second kappa shape index (κ2) is 6.87. The Morgan fingerprint density at radius 1 is 1.31 bits per heavy atom. The fraction of sp³-hybridized carbons (Fsp3) is 0.615. The van der Waals surface area contributed by atoms with Crippen LogP contribution in [0.25, 0.3) is 0 Å². The van der Waals surface area contributed by atoms with E-state index in [1.807, 2.05) is 12.3 Å². The van der Waals surface area contributed by atoms with E-state index in [1.165, 1.54) is 5.56 Å². The molecule has 1 N–H and O–H groups in total. The summed E-state index contributed by atoms with van der Waals surface area (Å²) in [7, 11) is 0. The first kappa shape index (κ1) is 13.5. The molecule has 1 atom stereocenters. The van der Waals surface area contributed by atoms with Crippen LogP contribution in [-0.4, -0.2) is 11.5 Å². The molecule has 1 heterocycles. The number of hydrogen-bond acceptors (Lipinski definition) is 2. The molecule has 0 fully saturated rings. The highest BCUT2D eigenvalue weighted by atomic mass is 35.5. The summed E-state index contributed by atoms with van der Waals surface area (Å²) in [4.78, 5) is 4.04. The smallest absolute Gasteiger partial charge is 0.0637 e. The summed E-state index contributed by atoms with van der Waals surface area (Å²) >= 11 is 6.21. The molecule has 0 aliphatic carbocycles. The van der Waals surface area contributed by atoms with E-state index in [9.17, 15) is 0 Å². The maximum Gasteiger partial charge on any atom is 0.0637 e. The van der Waals surface area contributed by atoms with Gasteiger partial charge in [0.05, 0.1) is 5.02 Å². The summed E-state index contributed by atoms with van der Waals surface area (Å²) in [6.45, 7) is 7.55. The highest BCUT2D eigenvalue weighted by molar-refractivity contribution is 6.31. The van der Waals surface area contributed by atoms with E-state index in [-0.39, 0.29) is 0 Å². The monoisotopic (exact) mass is 240 g/mol. The van der Waals surface area contributed by atoms with Gasteiger partial charge < -0.3 is 5.32 Å². The molecule has 0 aliphatic rings. The van der Waals surface area contributed by atoms with Crippen LogP contribution in [0.1, 0.15) is 45.2 Å². The largest absolute Gasteiger partial charge is 0.310 e. The standard InChI is InChI=1S/C13H21ClN2/c1-4-10(5-2)13(16-6-3)11-7-8-15-9-12(11)14/h7-10,13,16H,4-6H2,1-3H3. The molecular formula is C13H21ClN2. The Bertz CT molecular complexity index is 311. The lowest BCUT2D eigenvalue weighted by molar-refractivity contribution is 0.346. The fourth-order valence-corrected chi connectivity index (χ4v) is 2.39. The van der Waals surface area contributed by atoms with E-state index in [4.69, 9.17) is 11.6 Å². The van der Waals surface area contributed by atoms with Crippen LogP contribution in [0.3, 0.4) is 0 Å². The zero-order valence-electron chi connectivity index (χ0n) is 10.3. The average molecular weight is 241 g/mol. The Kier molecular flexibility index (Phi) is 5.78. The van der Waals surface area contributed by atoms with E-state index in [0.29, 0.717) is 12.0 Å². The van der Waals surface area contributed by atoms with Crippen molar-refractivity contribution < 1.29 is 0 Å². The topological polar surface area (TPSA) is 24.9 Å². The molecule has 0 bridgehead atoms. The summed E-state index contributed by atoms with van der Waals surface area (Å²) in [5, 5.41) is 4.29. The third-order valence-electron chi connectivity index (χ3n) is 3.08. The van der Waals surface area contributed by atoms with Crippen LogP contribution >= 0.6 is 11.6 Å². The van der Waals surface area contributed by atoms with Gasteiger partial charge in [-0.1, -0.05) is 45.2 Å². The normalized spacial score (nSPS) is 13.1. The Morgan fingerprint density at radius 2 is 2.00 bits per heavy atom. The second-order valence-electron chi connectivity index (χ2n) is 4.01. The van der Waals surface area contributed by atoms with E-state index >= 15 is 0 Å². The lowest BCUT2D eigenvalue weighted by Gasteiger charge is -2.27. The SMILES string of the molecule is CCNC(c1ccncc1Cl)C(CC)CC. The lowest BCUT2D eigenvalue weighted by atomic mass is 9.89. The number of rotatable bonds is 6. The lowest BCUT2D eigenvalue weighted by Crippen LogP contribution is -2.28. The van der Waals surface area contributed by atoms with Crippen LogP contribution in [0, 0.1) is 5.92 Å². The van der Waals surface area contributed by atoms with Crippen molar-refractivity contribution in [3.05, 3.63) is 29.0 Å². The quantitative estimate of drug-likeness (QED) is 0.818. The van der Waals surface area contributed by atoms with E-state index in [1.54, 1.807) is 6.20 Å². The Morgan fingerprint density at radius 3 is 2.50 bits per heavy atom. The molecule has 1 aromatic heterocycles. The van der Waals surface area contributed by atoms with Crippen LogP contribution in [0.15, 0.2) is 18.5 Å². The van der Waals surface area contributed by atoms with Gasteiger partial charge >= 0.3 is 0 Å². The average Bonchev–Trinajstić information content (AvgIpc) is 2.30. The predicted octanol–water partition coefficient (Wildman–Crippen LogP) is 3.82. The summed E-state index contributed by atoms with van der Waals surface area (Å²) in [5.74, 6) is 0.625. The number of halogens is 1. The molecule has 1 unspecified atom stereocenters. The van der Waals surface area contributed by atoms with Crippen molar-refractivity contribution in [2.24, 2.45) is 5.92 Å². The van der Waals surface area contributed by atoms with Crippen molar-refractivity contribution in [3.8, 4) is 0 Å². The van der Waals surface area contributed by atoms with Crippen LogP contribution in [0.5, 0.6) is 0 Å². The van der Waals surface area contributed by atoms with Crippen LogP contribution in [0.4, 0.5) is 0 Å². The number of nitrogens with zero attached hydrogens (tertiary/aromatic N) is 1. The first-order valence-electron chi connectivity index (χ1n) is 6.07. The van der Waals surface area contributed by atoms with Gasteiger partial charge in [0, 0.05) is 18.4 Å². The van der Waals surface area contributed by atoms with Crippen molar-refractivity contribution in [2.45, 2.75) is 39.7 Å². The summed E-state index contributed by atoms with van der Waals surface area (Å²) in [5.41, 5.74) is 1.17. The van der Waals surface area contributed by atoms with Crippen molar-refractivity contribution >= 4 is 11.6 Å². The molecule has 2 nitrogen and oxygen atoms in total. The molecule has 90 valence electrons. The zero-order valence-corrected chi connectivity index (χ0v) is 11.1. The molecule has 0 spiro atoms. The third kappa shape index (κ3) is 3.19. The maximum atomic E-state index is 6.21. The van der Waals surface area contributed by atoms with E-state index in [2.05, 4.69) is 31.1 Å². The number of nitrogens with one attached hydrogen (secondary N) is 1. The molecule has 0 saturated heterocycles. The maximum absolute atomic E-state index is 6.21. The van der Waals surface area contributed by atoms with Gasteiger partial charge in [-0.15, -0.1) is 0 Å². The van der Waals surface area contributed by atoms with Crippen LogP contribution in [0.2, 0.25) is 5.02 Å². The van der Waals surface area contributed by atoms with Gasteiger partial charge in [0.2, 0.25) is 0 Å². The van der Waals surface area contributed by atoms with E-state index < -0.39 is 0 Å². The van der Waals surface area contributed by atoms with Gasteiger partial charge in [0.15, 0.2) is 0 Å². The number of hydrogen-bond donors (Lipinski definition) is 1. The molecule has 0 amide bonds. The molecule has 0 aliphatic heterocycles. The second-order valence-corrected chi connectivity index (χ2v) is 4.42. The van der Waals surface area contributed by atoms with E-state index in [0.717, 1.165) is 24.4 Å². The Hall–Kier alpha value is -0.600. The Labute approximate surface area is 103 Å². The van der Waals surface area contributed by atoms with Gasteiger partial charge in [-0.2, -0.15) is 0 Å². The molecule has 0 saturated carbocycles. The number of pyridine rings is 1. The van der Waals surface area contributed by atoms with Crippen molar-refractivity contribution in [2.75, 3.05) is 6.54 Å². The summed E-state index contributed by atoms with van der Waals surface area (Å²) in [6, 6.07) is 2.36. The first-order valence-corrected chi connectivity index (χ1v) is 6.45. The summed E-state index contributed by atoms with van der Waals surface area (Å²) < 4.78 is 0. The van der Waals surface area contributed by atoms with Gasteiger partial charge in [-0.3, -0.25) is 4.98 Å². The zero-order chi connectivity index (χ0) is 12.0. The van der Waals surface area contributed by atoms with Gasteiger partial charge in [0.25, 0.3) is 0 Å². The highest BCUT2D eigenvalue weighted by Crippen LogP contribution is 2.31. The molecule has 1 aromatic rings. The van der Waals surface area contributed by atoms with Crippen molar-refractivity contribution in [1.82, 2.24) is 10.3 Å². The fourth-order valence-electron chi connectivity index (χ4n) is 2.15. The first-order chi connectivity index (χ1) is 7.74. The minimum Gasteiger partial charge on any atom is -0.310 e. The Balaban J connectivity index is 2.97. The molecule has 0 aromatic carbocycles. The molecule has 0 radical (unpaired) electrons. The molecule has 3 heteroatoms. The van der Waals surface area contributed by atoms with Crippen molar-refractivity contribution in [1.29, 1.82) is 0 Å². The molecular weight excluding hydrogens is 220 g/mol. The van der Waals surface area contributed by atoms with Crippen LogP contribution < -0.4 is 5.32 Å². The third-order valence-corrected chi connectivity index (χ3v) is 3.40. The van der Waals surface area contributed by atoms with Gasteiger partial charge in [-0.25, -0.2) is 0 Å². The highest BCUT2D eigenvalue weighted by Gasteiger charge is 2.21. The van der Waals surface area contributed by atoms with Crippen molar-refractivity contribution in [3.63, 3.8) is 0 Å². The molecule has 16 heavy (non-hydrogen) atoms. The van der Waals surface area contributed by atoms with Gasteiger partial charge in [0.1, 0.15) is 0 Å². The van der Waals surface area contributed by atoms with Crippen LogP contribution in [-0.2, 0) is 0 Å². The summed E-state index contributed by atoms with van der Waals surface area (Å²) in [6.07, 6.45) is 5.86. The van der Waals surface area contributed by atoms with Gasteiger partial charge in [-0.05, 0) is 24.1 Å². The molecule has 1 rings (SSSR count). The minimum atomic E-state index is 0.343. The minimum absolute atomic E-state index is 0.343. The number of aromatic nitrogens is 1. The predicted molar refractivity (Wildman–Crippen MR) is 69.7 cm³/mol.